The number of nitrogens with zero attached hydrogens (tertiary/aromatic N) is 2. The Labute approximate surface area is 125 Å². The molecule has 1 heterocycles. The van der Waals surface area contributed by atoms with Gasteiger partial charge in [-0.1, -0.05) is 12.1 Å². The third kappa shape index (κ3) is 3.63. The molecule has 0 atom stereocenters. The van der Waals surface area contributed by atoms with Gasteiger partial charge < -0.3 is 10.1 Å². The van der Waals surface area contributed by atoms with Crippen molar-refractivity contribution >= 4 is 22.6 Å². The van der Waals surface area contributed by atoms with Crippen LogP contribution in [-0.4, -0.2) is 16.0 Å². The smallest absolute Gasteiger partial charge is 0.321 e. The first-order valence-corrected chi connectivity index (χ1v) is 7.36. The Balaban J connectivity index is 1.63. The fourth-order valence-electron chi connectivity index (χ4n) is 1.66. The molecule has 2 aromatic rings. The van der Waals surface area contributed by atoms with Gasteiger partial charge in [-0.15, -0.1) is 0 Å². The summed E-state index contributed by atoms with van der Waals surface area (Å²) in [6.45, 7) is 0.827. The van der Waals surface area contributed by atoms with E-state index in [-0.39, 0.29) is 0 Å². The summed E-state index contributed by atoms with van der Waals surface area (Å²) in [7, 11) is 0. The zero-order valence-corrected chi connectivity index (χ0v) is 12.5. The fraction of sp³-hybridized carbons (Fsp3) is 0.286. The Morgan fingerprint density at radius 1 is 1.21 bits per heavy atom. The molecule has 0 amide bonds. The van der Waals surface area contributed by atoms with Crippen LogP contribution in [-0.2, 0) is 6.54 Å². The second-order valence-electron chi connectivity index (χ2n) is 4.56. The van der Waals surface area contributed by atoms with Crippen LogP contribution in [0.4, 0.5) is 0 Å². The van der Waals surface area contributed by atoms with Crippen LogP contribution < -0.4 is 10.1 Å². The lowest BCUT2D eigenvalue weighted by Crippen LogP contribution is -2.15. The second kappa shape index (κ2) is 5.83. The summed E-state index contributed by atoms with van der Waals surface area (Å²) in [5, 5.41) is 3.43. The van der Waals surface area contributed by atoms with Gasteiger partial charge in [0.15, 0.2) is 0 Å². The molecule has 1 aromatic heterocycles. The maximum atomic E-state index is 5.65. The van der Waals surface area contributed by atoms with Crippen molar-refractivity contribution in [1.82, 2.24) is 15.3 Å². The van der Waals surface area contributed by atoms with E-state index in [1.807, 2.05) is 36.7 Å². The van der Waals surface area contributed by atoms with Crippen LogP contribution in [0.3, 0.4) is 0 Å². The van der Waals surface area contributed by atoms with Crippen LogP contribution >= 0.6 is 22.6 Å². The number of halogens is 1. The highest BCUT2D eigenvalue weighted by Gasteiger charge is 2.19. The number of ether oxygens (including phenoxy) is 1. The fourth-order valence-corrected chi connectivity index (χ4v) is 2.16. The zero-order valence-electron chi connectivity index (χ0n) is 10.3. The first kappa shape index (κ1) is 12.8. The predicted octanol–water partition coefficient (Wildman–Crippen LogP) is 3.13. The van der Waals surface area contributed by atoms with Crippen molar-refractivity contribution in [1.29, 1.82) is 0 Å². The molecule has 0 aliphatic heterocycles. The van der Waals surface area contributed by atoms with E-state index in [0.717, 1.165) is 21.4 Å². The Bertz CT molecular complexity index is 555. The average molecular weight is 367 g/mol. The van der Waals surface area contributed by atoms with E-state index in [0.29, 0.717) is 12.1 Å². The summed E-state index contributed by atoms with van der Waals surface area (Å²) in [5.41, 5.74) is 1.09. The molecule has 3 rings (SSSR count). The lowest BCUT2D eigenvalue weighted by Gasteiger charge is -2.06. The number of hydrogen-bond acceptors (Lipinski definition) is 4. The summed E-state index contributed by atoms with van der Waals surface area (Å²) >= 11 is 2.23. The maximum Gasteiger partial charge on any atom is 0.321 e. The molecule has 0 saturated heterocycles. The summed E-state index contributed by atoms with van der Waals surface area (Å²) in [6.07, 6.45) is 6.20. The van der Waals surface area contributed by atoms with Gasteiger partial charge in [-0.05, 0) is 47.6 Å². The van der Waals surface area contributed by atoms with Gasteiger partial charge >= 0.3 is 6.01 Å². The summed E-state index contributed by atoms with van der Waals surface area (Å²) in [4.78, 5) is 8.47. The number of rotatable bonds is 5. The molecule has 1 aliphatic carbocycles. The number of nitrogens with one attached hydrogen (secondary N) is 1. The van der Waals surface area contributed by atoms with Crippen molar-refractivity contribution in [3.05, 3.63) is 45.8 Å². The summed E-state index contributed by atoms with van der Waals surface area (Å²) in [5.74, 6) is 0.784. The highest BCUT2D eigenvalue weighted by molar-refractivity contribution is 14.1. The van der Waals surface area contributed by atoms with Crippen LogP contribution in [0.5, 0.6) is 11.8 Å². The van der Waals surface area contributed by atoms with E-state index >= 15 is 0 Å². The molecule has 1 aromatic carbocycles. The van der Waals surface area contributed by atoms with E-state index in [4.69, 9.17) is 4.74 Å². The molecular formula is C14H14IN3O. The van der Waals surface area contributed by atoms with Gasteiger partial charge in [0, 0.05) is 30.5 Å². The van der Waals surface area contributed by atoms with E-state index in [2.05, 4.69) is 37.9 Å². The van der Waals surface area contributed by atoms with E-state index < -0.39 is 0 Å². The number of hydrogen-bond donors (Lipinski definition) is 1. The Morgan fingerprint density at radius 2 is 1.95 bits per heavy atom. The molecule has 1 saturated carbocycles. The SMILES string of the molecule is Ic1ccccc1Oc1ncc(CNC2CC2)cn1. The molecule has 0 spiro atoms. The zero-order chi connectivity index (χ0) is 13.1. The highest BCUT2D eigenvalue weighted by Crippen LogP contribution is 2.24. The molecule has 4 nitrogen and oxygen atoms in total. The molecule has 1 aliphatic rings. The van der Waals surface area contributed by atoms with Gasteiger partial charge in [-0.3, -0.25) is 0 Å². The molecule has 0 bridgehead atoms. The van der Waals surface area contributed by atoms with Gasteiger partial charge in [0.05, 0.1) is 3.57 Å². The van der Waals surface area contributed by atoms with Crippen molar-refractivity contribution in [3.8, 4) is 11.8 Å². The van der Waals surface area contributed by atoms with Crippen LogP contribution in [0, 0.1) is 3.57 Å². The maximum absolute atomic E-state index is 5.65. The Hall–Kier alpha value is -1.21. The second-order valence-corrected chi connectivity index (χ2v) is 5.72. The van der Waals surface area contributed by atoms with Gasteiger partial charge in [0.1, 0.15) is 5.75 Å². The molecule has 1 fully saturated rings. The van der Waals surface area contributed by atoms with Crippen LogP contribution in [0.2, 0.25) is 0 Å². The van der Waals surface area contributed by atoms with Gasteiger partial charge in [-0.2, -0.15) is 0 Å². The molecule has 1 N–H and O–H groups in total. The molecule has 19 heavy (non-hydrogen) atoms. The van der Waals surface area contributed by atoms with Crippen LogP contribution in [0.1, 0.15) is 18.4 Å². The lowest BCUT2D eigenvalue weighted by atomic mass is 10.3. The lowest BCUT2D eigenvalue weighted by molar-refractivity contribution is 0.437. The largest absolute Gasteiger partial charge is 0.423 e. The third-order valence-electron chi connectivity index (χ3n) is 2.89. The van der Waals surface area contributed by atoms with Crippen molar-refractivity contribution in [3.63, 3.8) is 0 Å². The molecule has 98 valence electrons. The number of para-hydroxylation sites is 1. The van der Waals surface area contributed by atoms with E-state index in [1.165, 1.54) is 12.8 Å². The van der Waals surface area contributed by atoms with E-state index in [9.17, 15) is 0 Å². The van der Waals surface area contributed by atoms with E-state index in [1.54, 1.807) is 0 Å². The standard InChI is InChI=1S/C14H14IN3O/c15-12-3-1-2-4-13(12)19-14-17-8-10(9-18-14)7-16-11-5-6-11/h1-4,8-9,11,16H,5-7H2. The van der Waals surface area contributed by atoms with Crippen molar-refractivity contribution in [2.45, 2.75) is 25.4 Å². The van der Waals surface area contributed by atoms with Gasteiger partial charge in [-0.25, -0.2) is 9.97 Å². The number of benzene rings is 1. The number of aromatic nitrogens is 2. The van der Waals surface area contributed by atoms with Crippen LogP contribution in [0.25, 0.3) is 0 Å². The normalized spacial score (nSPS) is 14.4. The van der Waals surface area contributed by atoms with Crippen molar-refractivity contribution < 1.29 is 4.74 Å². The Morgan fingerprint density at radius 3 is 2.63 bits per heavy atom. The highest BCUT2D eigenvalue weighted by atomic mass is 127. The summed E-state index contributed by atoms with van der Waals surface area (Å²) in [6, 6.07) is 8.89. The third-order valence-corrected chi connectivity index (χ3v) is 3.78. The monoisotopic (exact) mass is 367 g/mol. The predicted molar refractivity (Wildman–Crippen MR) is 81.1 cm³/mol. The van der Waals surface area contributed by atoms with Crippen molar-refractivity contribution in [2.24, 2.45) is 0 Å². The molecule has 5 heteroatoms. The first-order valence-electron chi connectivity index (χ1n) is 6.28. The molecule has 0 radical (unpaired) electrons. The average Bonchev–Trinajstić information content (AvgIpc) is 3.25. The first-order chi connectivity index (χ1) is 9.31. The van der Waals surface area contributed by atoms with Gasteiger partial charge in [0.2, 0.25) is 0 Å². The van der Waals surface area contributed by atoms with Crippen molar-refractivity contribution in [2.75, 3.05) is 0 Å². The minimum Gasteiger partial charge on any atom is -0.423 e. The Kier molecular flexibility index (Phi) is 3.93. The minimum atomic E-state index is 0.388. The molecular weight excluding hydrogens is 353 g/mol. The van der Waals surface area contributed by atoms with Gasteiger partial charge in [0.25, 0.3) is 0 Å². The summed E-state index contributed by atoms with van der Waals surface area (Å²) < 4.78 is 6.70. The molecule has 0 unspecified atom stereocenters. The topological polar surface area (TPSA) is 47.0 Å². The van der Waals surface area contributed by atoms with Crippen LogP contribution in [0.15, 0.2) is 36.7 Å². The quantitative estimate of drug-likeness (QED) is 0.825. The minimum absolute atomic E-state index is 0.388.